The second-order valence-electron chi connectivity index (χ2n) is 5.65. The summed E-state index contributed by atoms with van der Waals surface area (Å²) in [5, 5.41) is 10.3. The maximum atomic E-state index is 10.3. The molecule has 0 amide bonds. The van der Waals surface area contributed by atoms with Crippen LogP contribution in [0.25, 0.3) is 0 Å². The Kier molecular flexibility index (Phi) is 6.19. The van der Waals surface area contributed by atoms with Gasteiger partial charge in [0.2, 0.25) is 0 Å². The minimum atomic E-state index is -0.189. The summed E-state index contributed by atoms with van der Waals surface area (Å²) in [5.41, 5.74) is 0.193. The lowest BCUT2D eigenvalue weighted by atomic mass is 9.72. The van der Waals surface area contributed by atoms with E-state index >= 15 is 0 Å². The minimum Gasteiger partial charge on any atom is -0.393 e. The first-order chi connectivity index (χ1) is 6.84. The van der Waals surface area contributed by atoms with Gasteiger partial charge in [0.1, 0.15) is 0 Å². The Labute approximate surface area is 95.6 Å². The van der Waals surface area contributed by atoms with Crippen LogP contribution in [0.1, 0.15) is 54.4 Å². The molecule has 90 valence electrons. The summed E-state index contributed by atoms with van der Waals surface area (Å²) >= 11 is 0. The molecule has 0 saturated heterocycles. The van der Waals surface area contributed by atoms with E-state index in [0.29, 0.717) is 11.8 Å². The van der Waals surface area contributed by atoms with Crippen molar-refractivity contribution in [2.24, 2.45) is 17.3 Å². The Morgan fingerprint density at radius 1 is 1.27 bits per heavy atom. The van der Waals surface area contributed by atoms with Crippen LogP contribution >= 0.6 is 0 Å². The van der Waals surface area contributed by atoms with E-state index in [1.165, 1.54) is 0 Å². The molecule has 0 rings (SSSR count). The zero-order valence-corrected chi connectivity index (χ0v) is 11.2. The number of hydrogen-bond acceptors (Lipinski definition) is 1. The summed E-state index contributed by atoms with van der Waals surface area (Å²) in [6, 6.07) is 0. The molecule has 0 aromatic heterocycles. The molecule has 0 aromatic carbocycles. The van der Waals surface area contributed by atoms with E-state index in [1.807, 2.05) is 6.92 Å². The number of hydrogen-bond donors (Lipinski definition) is 1. The molecule has 1 nitrogen and oxygen atoms in total. The van der Waals surface area contributed by atoms with E-state index in [2.05, 4.69) is 46.8 Å². The quantitative estimate of drug-likeness (QED) is 0.682. The van der Waals surface area contributed by atoms with Crippen LogP contribution in [0.15, 0.2) is 12.2 Å². The van der Waals surface area contributed by atoms with E-state index in [9.17, 15) is 5.11 Å². The van der Waals surface area contributed by atoms with Gasteiger partial charge in [-0.25, -0.2) is 0 Å². The molecule has 0 bridgehead atoms. The SMILES string of the molecule is C/C=C/C[C@@H](C)[C@@H](O)[C@@H](CC)C(C)(C)C. The van der Waals surface area contributed by atoms with E-state index in [4.69, 9.17) is 0 Å². The minimum absolute atomic E-state index is 0.189. The fourth-order valence-electron chi connectivity index (χ4n) is 2.25. The van der Waals surface area contributed by atoms with Gasteiger partial charge in [0, 0.05) is 0 Å². The molecule has 0 aliphatic rings. The molecule has 3 atom stereocenters. The van der Waals surface area contributed by atoms with Crippen molar-refractivity contribution in [1.29, 1.82) is 0 Å². The summed E-state index contributed by atoms with van der Waals surface area (Å²) in [6.45, 7) is 13.0. The lowest BCUT2D eigenvalue weighted by Crippen LogP contribution is -2.35. The van der Waals surface area contributed by atoms with Crippen LogP contribution in [-0.2, 0) is 0 Å². The molecule has 0 saturated carbocycles. The van der Waals surface area contributed by atoms with Crippen LogP contribution in [0.5, 0.6) is 0 Å². The molecule has 15 heavy (non-hydrogen) atoms. The van der Waals surface area contributed by atoms with Gasteiger partial charge in [0.15, 0.2) is 0 Å². The van der Waals surface area contributed by atoms with Crippen molar-refractivity contribution in [3.8, 4) is 0 Å². The number of aliphatic hydroxyl groups excluding tert-OH is 1. The van der Waals surface area contributed by atoms with Crippen molar-refractivity contribution in [3.63, 3.8) is 0 Å². The van der Waals surface area contributed by atoms with Crippen molar-refractivity contribution < 1.29 is 5.11 Å². The maximum absolute atomic E-state index is 10.3. The Balaban J connectivity index is 4.44. The lowest BCUT2D eigenvalue weighted by Gasteiger charge is -2.36. The molecule has 0 aliphatic heterocycles. The van der Waals surface area contributed by atoms with Gasteiger partial charge in [-0.2, -0.15) is 0 Å². The number of aliphatic hydroxyl groups is 1. The number of allylic oxidation sites excluding steroid dienone is 2. The Hall–Kier alpha value is -0.300. The van der Waals surface area contributed by atoms with Gasteiger partial charge in [-0.1, -0.05) is 53.2 Å². The Morgan fingerprint density at radius 2 is 1.80 bits per heavy atom. The maximum Gasteiger partial charge on any atom is 0.0601 e. The van der Waals surface area contributed by atoms with E-state index in [0.717, 1.165) is 12.8 Å². The molecule has 0 fully saturated rings. The zero-order chi connectivity index (χ0) is 12.1. The average Bonchev–Trinajstić information content (AvgIpc) is 2.12. The zero-order valence-electron chi connectivity index (χ0n) is 11.2. The van der Waals surface area contributed by atoms with E-state index in [1.54, 1.807) is 0 Å². The topological polar surface area (TPSA) is 20.2 Å². The summed E-state index contributed by atoms with van der Waals surface area (Å²) in [5.74, 6) is 0.739. The van der Waals surface area contributed by atoms with Crippen LogP contribution in [0, 0.1) is 17.3 Å². The standard InChI is InChI=1S/C14H28O/c1-7-9-10-11(3)13(15)12(8-2)14(4,5)6/h7,9,11-13,15H,8,10H2,1-6H3/b9-7+/t11-,12-,13-/m1/s1. The molecular weight excluding hydrogens is 184 g/mol. The molecule has 0 radical (unpaired) electrons. The molecule has 1 heteroatoms. The predicted octanol–water partition coefficient (Wildman–Crippen LogP) is 4.02. The van der Waals surface area contributed by atoms with Crippen LogP contribution in [0.3, 0.4) is 0 Å². The molecule has 1 N–H and O–H groups in total. The highest BCUT2D eigenvalue weighted by Crippen LogP contribution is 2.34. The normalized spacial score (nSPS) is 19.1. The average molecular weight is 212 g/mol. The van der Waals surface area contributed by atoms with Gasteiger partial charge in [0.05, 0.1) is 6.10 Å². The highest BCUT2D eigenvalue weighted by atomic mass is 16.3. The van der Waals surface area contributed by atoms with Gasteiger partial charge >= 0.3 is 0 Å². The molecule has 0 spiro atoms. The van der Waals surface area contributed by atoms with Crippen molar-refractivity contribution >= 4 is 0 Å². The van der Waals surface area contributed by atoms with Crippen molar-refractivity contribution in [2.75, 3.05) is 0 Å². The van der Waals surface area contributed by atoms with Gasteiger partial charge in [-0.3, -0.25) is 0 Å². The molecule has 0 aliphatic carbocycles. The highest BCUT2D eigenvalue weighted by molar-refractivity contribution is 4.87. The molecular formula is C14H28O. The van der Waals surface area contributed by atoms with Crippen molar-refractivity contribution in [3.05, 3.63) is 12.2 Å². The molecule has 0 aromatic rings. The third-order valence-corrected chi connectivity index (χ3v) is 3.29. The second kappa shape index (κ2) is 6.32. The van der Waals surface area contributed by atoms with Gasteiger partial charge in [-0.15, -0.1) is 0 Å². The van der Waals surface area contributed by atoms with Crippen LogP contribution in [-0.4, -0.2) is 11.2 Å². The lowest BCUT2D eigenvalue weighted by molar-refractivity contribution is 0.00396. The fourth-order valence-corrected chi connectivity index (χ4v) is 2.25. The van der Waals surface area contributed by atoms with Gasteiger partial charge in [0.25, 0.3) is 0 Å². The van der Waals surface area contributed by atoms with Crippen LogP contribution in [0.2, 0.25) is 0 Å². The third-order valence-electron chi connectivity index (χ3n) is 3.29. The van der Waals surface area contributed by atoms with Crippen LogP contribution < -0.4 is 0 Å². The Bertz CT molecular complexity index is 188. The third kappa shape index (κ3) is 4.83. The fraction of sp³-hybridized carbons (Fsp3) is 0.857. The summed E-state index contributed by atoms with van der Waals surface area (Å²) < 4.78 is 0. The van der Waals surface area contributed by atoms with Crippen molar-refractivity contribution in [1.82, 2.24) is 0 Å². The second-order valence-corrected chi connectivity index (χ2v) is 5.65. The van der Waals surface area contributed by atoms with Crippen LogP contribution in [0.4, 0.5) is 0 Å². The van der Waals surface area contributed by atoms with E-state index < -0.39 is 0 Å². The highest BCUT2D eigenvalue weighted by Gasteiger charge is 2.32. The first kappa shape index (κ1) is 14.7. The Morgan fingerprint density at radius 3 is 2.13 bits per heavy atom. The first-order valence-corrected chi connectivity index (χ1v) is 6.13. The summed E-state index contributed by atoms with van der Waals surface area (Å²) in [6.07, 6.45) is 6.03. The number of rotatable bonds is 5. The van der Waals surface area contributed by atoms with E-state index in [-0.39, 0.29) is 11.5 Å². The predicted molar refractivity (Wildman–Crippen MR) is 67.8 cm³/mol. The molecule has 0 heterocycles. The van der Waals surface area contributed by atoms with Crippen molar-refractivity contribution in [2.45, 2.75) is 60.5 Å². The van der Waals surface area contributed by atoms with Gasteiger partial charge in [-0.05, 0) is 30.6 Å². The first-order valence-electron chi connectivity index (χ1n) is 6.13. The smallest absolute Gasteiger partial charge is 0.0601 e. The van der Waals surface area contributed by atoms with Gasteiger partial charge < -0.3 is 5.11 Å². The largest absolute Gasteiger partial charge is 0.393 e. The summed E-state index contributed by atoms with van der Waals surface area (Å²) in [7, 11) is 0. The monoisotopic (exact) mass is 212 g/mol. The summed E-state index contributed by atoms with van der Waals surface area (Å²) in [4.78, 5) is 0. The molecule has 0 unspecified atom stereocenters.